The minimum absolute atomic E-state index is 0.0239. The quantitative estimate of drug-likeness (QED) is 0.483. The van der Waals surface area contributed by atoms with Crippen LogP contribution in [0.2, 0.25) is 0 Å². The van der Waals surface area contributed by atoms with Crippen LogP contribution >= 0.6 is 0 Å². The molecule has 1 saturated carbocycles. The number of rotatable bonds is 8. The summed E-state index contributed by atoms with van der Waals surface area (Å²) in [6, 6.07) is 9.51. The lowest BCUT2D eigenvalue weighted by molar-refractivity contribution is 0.117. The number of piperidine rings is 1. The number of amides is 2. The number of fused-ring (bicyclic) bond motifs is 1. The van der Waals surface area contributed by atoms with E-state index in [1.54, 1.807) is 14.2 Å². The Morgan fingerprint density at radius 1 is 0.949 bits per heavy atom. The van der Waals surface area contributed by atoms with Crippen LogP contribution in [-0.4, -0.2) is 74.9 Å². The van der Waals surface area contributed by atoms with Crippen molar-refractivity contribution in [2.75, 3.05) is 52.3 Å². The first-order valence-corrected chi connectivity index (χ1v) is 14.1. The predicted octanol–water partition coefficient (Wildman–Crippen LogP) is 5.15. The third-order valence-corrected chi connectivity index (χ3v) is 8.99. The topological polar surface area (TPSA) is 66.1 Å². The largest absolute Gasteiger partial charge is 0.493 e. The molecule has 0 spiro atoms. The van der Waals surface area contributed by atoms with Crippen LogP contribution in [0.3, 0.4) is 0 Å². The van der Waals surface area contributed by atoms with E-state index in [1.165, 1.54) is 44.0 Å². The molecule has 0 bridgehead atoms. The second kappa shape index (κ2) is 12.1. The molecule has 212 valence electrons. The Labute approximate surface area is 229 Å². The summed E-state index contributed by atoms with van der Waals surface area (Å²) in [4.78, 5) is 18.0. The lowest BCUT2D eigenvalue weighted by Crippen LogP contribution is -2.53. The van der Waals surface area contributed by atoms with E-state index in [2.05, 4.69) is 32.6 Å². The van der Waals surface area contributed by atoms with Crippen molar-refractivity contribution in [3.05, 3.63) is 53.6 Å². The third kappa shape index (κ3) is 5.99. The summed E-state index contributed by atoms with van der Waals surface area (Å²) >= 11 is 0. The second-order valence-corrected chi connectivity index (χ2v) is 11.1. The van der Waals surface area contributed by atoms with Gasteiger partial charge in [0.2, 0.25) is 0 Å². The standard InChI is InChI=1S/C30H40F2N4O3/c1-38-26-9-6-21(18-27(26)39-2)30-11-10-23(34-29(37)33-22-7-8-24(31)25(32)19-22)20-28(30)36(15-12-30)17-16-35-13-4-3-5-14-35/h6-9,18-19,23,28H,3-5,10-17,20H2,1-2H3,(H2,33,34,37). The van der Waals surface area contributed by atoms with E-state index in [-0.39, 0.29) is 23.2 Å². The summed E-state index contributed by atoms with van der Waals surface area (Å²) in [6.07, 6.45) is 7.52. The van der Waals surface area contributed by atoms with Gasteiger partial charge in [-0.15, -0.1) is 0 Å². The maximum atomic E-state index is 13.6. The maximum Gasteiger partial charge on any atom is 0.319 e. The average molecular weight is 543 g/mol. The van der Waals surface area contributed by atoms with Gasteiger partial charge in [0.25, 0.3) is 0 Å². The number of nitrogens with one attached hydrogen (secondary N) is 2. The van der Waals surface area contributed by atoms with E-state index in [4.69, 9.17) is 9.47 Å². The minimum Gasteiger partial charge on any atom is -0.493 e. The highest BCUT2D eigenvalue weighted by molar-refractivity contribution is 5.89. The number of carbonyl (C=O) groups is 1. The highest BCUT2D eigenvalue weighted by atomic mass is 19.2. The number of hydrogen-bond donors (Lipinski definition) is 2. The number of halogens is 2. The molecule has 2 N–H and O–H groups in total. The minimum atomic E-state index is -0.986. The van der Waals surface area contributed by atoms with Gasteiger partial charge in [-0.05, 0) is 88.0 Å². The monoisotopic (exact) mass is 542 g/mol. The SMILES string of the molecule is COc1ccc(C23CCC(NC(=O)Nc4ccc(F)c(F)c4)CC2N(CCN2CCCCC2)CC3)cc1OC. The summed E-state index contributed by atoms with van der Waals surface area (Å²) in [6.45, 7) is 5.43. The van der Waals surface area contributed by atoms with E-state index >= 15 is 0 Å². The van der Waals surface area contributed by atoms with Crippen molar-refractivity contribution in [3.63, 3.8) is 0 Å². The van der Waals surface area contributed by atoms with Gasteiger partial charge in [0, 0.05) is 42.3 Å². The van der Waals surface area contributed by atoms with Gasteiger partial charge in [0.15, 0.2) is 23.1 Å². The molecule has 3 unspecified atom stereocenters. The average Bonchev–Trinajstić information content (AvgIpc) is 3.33. The molecular weight excluding hydrogens is 502 g/mol. The smallest absolute Gasteiger partial charge is 0.319 e. The second-order valence-electron chi connectivity index (χ2n) is 11.1. The zero-order valence-electron chi connectivity index (χ0n) is 23.0. The zero-order valence-corrected chi connectivity index (χ0v) is 23.0. The van der Waals surface area contributed by atoms with Crippen LogP contribution in [0.4, 0.5) is 19.3 Å². The molecule has 2 aromatic carbocycles. The first-order valence-electron chi connectivity index (χ1n) is 14.1. The van der Waals surface area contributed by atoms with Crippen LogP contribution < -0.4 is 20.1 Å². The fourth-order valence-corrected chi connectivity index (χ4v) is 6.91. The van der Waals surface area contributed by atoms with Gasteiger partial charge in [0.1, 0.15) is 0 Å². The number of likely N-dealkylation sites (tertiary alicyclic amines) is 2. The number of ether oxygens (including phenoxy) is 2. The van der Waals surface area contributed by atoms with Gasteiger partial charge < -0.3 is 25.0 Å². The number of urea groups is 1. The van der Waals surface area contributed by atoms with E-state index in [1.807, 2.05) is 6.07 Å². The molecule has 9 heteroatoms. The van der Waals surface area contributed by atoms with Crippen LogP contribution in [0.25, 0.3) is 0 Å². The number of hydrogen-bond acceptors (Lipinski definition) is 5. The lowest BCUT2D eigenvalue weighted by atomic mass is 9.65. The summed E-state index contributed by atoms with van der Waals surface area (Å²) < 4.78 is 38.1. The molecule has 1 aliphatic carbocycles. The van der Waals surface area contributed by atoms with Crippen LogP contribution in [-0.2, 0) is 5.41 Å². The Morgan fingerprint density at radius 2 is 1.74 bits per heavy atom. The molecule has 2 amide bonds. The van der Waals surface area contributed by atoms with Crippen LogP contribution in [0, 0.1) is 11.6 Å². The van der Waals surface area contributed by atoms with Crippen molar-refractivity contribution < 1.29 is 23.0 Å². The van der Waals surface area contributed by atoms with Gasteiger partial charge >= 0.3 is 6.03 Å². The van der Waals surface area contributed by atoms with Gasteiger partial charge in [-0.1, -0.05) is 12.5 Å². The van der Waals surface area contributed by atoms with Crippen molar-refractivity contribution >= 4 is 11.7 Å². The molecule has 2 heterocycles. The Balaban J connectivity index is 1.32. The number of nitrogens with zero attached hydrogens (tertiary/aromatic N) is 2. The van der Waals surface area contributed by atoms with Gasteiger partial charge in [-0.25, -0.2) is 13.6 Å². The van der Waals surface area contributed by atoms with Crippen molar-refractivity contribution in [1.29, 1.82) is 0 Å². The fourth-order valence-electron chi connectivity index (χ4n) is 6.91. The third-order valence-electron chi connectivity index (χ3n) is 8.99. The van der Waals surface area contributed by atoms with Crippen molar-refractivity contribution in [2.24, 2.45) is 0 Å². The lowest BCUT2D eigenvalue weighted by Gasteiger charge is -2.46. The molecule has 7 nitrogen and oxygen atoms in total. The van der Waals surface area contributed by atoms with Crippen molar-refractivity contribution in [1.82, 2.24) is 15.1 Å². The summed E-state index contributed by atoms with van der Waals surface area (Å²) in [5.74, 6) is -0.467. The van der Waals surface area contributed by atoms with Crippen LogP contribution in [0.5, 0.6) is 11.5 Å². The highest BCUT2D eigenvalue weighted by Gasteiger charge is 2.51. The molecule has 2 aromatic rings. The number of methoxy groups -OCH3 is 2. The predicted molar refractivity (Wildman–Crippen MR) is 148 cm³/mol. The van der Waals surface area contributed by atoms with Crippen LogP contribution in [0.1, 0.15) is 50.5 Å². The number of anilines is 1. The van der Waals surface area contributed by atoms with Gasteiger partial charge in [0.05, 0.1) is 14.2 Å². The molecule has 3 fully saturated rings. The van der Waals surface area contributed by atoms with E-state index < -0.39 is 17.7 Å². The van der Waals surface area contributed by atoms with Crippen molar-refractivity contribution in [3.8, 4) is 11.5 Å². The number of carbonyl (C=O) groups excluding carboxylic acids is 1. The molecule has 5 rings (SSSR count). The molecule has 0 radical (unpaired) electrons. The normalized spacial score (nSPS) is 25.6. The molecule has 0 aromatic heterocycles. The summed E-state index contributed by atoms with van der Waals surface area (Å²) in [7, 11) is 3.32. The fraction of sp³-hybridized carbons (Fsp3) is 0.567. The van der Waals surface area contributed by atoms with Crippen molar-refractivity contribution in [2.45, 2.75) is 62.4 Å². The summed E-state index contributed by atoms with van der Waals surface area (Å²) in [5.41, 5.74) is 1.46. The molecule has 2 saturated heterocycles. The molecule has 39 heavy (non-hydrogen) atoms. The molecular formula is C30H40F2N4O3. The zero-order chi connectivity index (χ0) is 27.4. The number of benzene rings is 2. The van der Waals surface area contributed by atoms with Gasteiger partial charge in [-0.2, -0.15) is 0 Å². The Morgan fingerprint density at radius 3 is 2.49 bits per heavy atom. The Bertz CT molecular complexity index is 1160. The molecule has 3 atom stereocenters. The van der Waals surface area contributed by atoms with E-state index in [0.29, 0.717) is 0 Å². The molecule has 2 aliphatic heterocycles. The first-order chi connectivity index (χ1) is 18.9. The van der Waals surface area contributed by atoms with Gasteiger partial charge in [-0.3, -0.25) is 4.90 Å². The molecule has 3 aliphatic rings. The van der Waals surface area contributed by atoms with E-state index in [9.17, 15) is 13.6 Å². The Hall–Kier alpha value is -2.91. The Kier molecular flexibility index (Phi) is 8.57. The first kappa shape index (κ1) is 27.6. The highest BCUT2D eigenvalue weighted by Crippen LogP contribution is 2.50. The van der Waals surface area contributed by atoms with E-state index in [0.717, 1.165) is 68.9 Å². The maximum absolute atomic E-state index is 13.6. The summed E-state index contributed by atoms with van der Waals surface area (Å²) in [5, 5.41) is 5.76. The van der Waals surface area contributed by atoms with Crippen LogP contribution in [0.15, 0.2) is 36.4 Å².